The summed E-state index contributed by atoms with van der Waals surface area (Å²) in [5.74, 6) is -0.00709. The van der Waals surface area contributed by atoms with Gasteiger partial charge in [-0.1, -0.05) is 62.1 Å². The number of oxime groups is 1. The van der Waals surface area contributed by atoms with Crippen LogP contribution in [-0.4, -0.2) is 36.8 Å². The molecular formula is C21H35NO5. The summed E-state index contributed by atoms with van der Waals surface area (Å²) in [6.07, 6.45) is 18.8. The predicted octanol–water partition coefficient (Wildman–Crippen LogP) is 5.05. The lowest BCUT2D eigenvalue weighted by atomic mass is 9.94. The van der Waals surface area contributed by atoms with Crippen LogP contribution in [0.4, 0.5) is 0 Å². The molecule has 3 atom stereocenters. The summed E-state index contributed by atoms with van der Waals surface area (Å²) >= 11 is 0. The third-order valence-electron chi connectivity index (χ3n) is 4.69. The number of hydrogen-bond acceptors (Lipinski definition) is 6. The number of ether oxygens (including phenoxy) is 1. The maximum absolute atomic E-state index is 11.1. The number of rotatable bonds is 15. The van der Waals surface area contributed by atoms with Gasteiger partial charge in [0, 0.05) is 25.0 Å². The number of esters is 1. The Kier molecular flexibility index (Phi) is 13.3. The van der Waals surface area contributed by atoms with Gasteiger partial charge in [0.1, 0.15) is 12.2 Å². The van der Waals surface area contributed by atoms with Crippen LogP contribution in [0.15, 0.2) is 29.5 Å². The maximum atomic E-state index is 11.1. The van der Waals surface area contributed by atoms with Crippen LogP contribution in [0.2, 0.25) is 0 Å². The second-order valence-corrected chi connectivity index (χ2v) is 6.88. The highest BCUT2D eigenvalue weighted by molar-refractivity contribution is 5.69. The van der Waals surface area contributed by atoms with Crippen LogP contribution in [0.1, 0.15) is 71.1 Å². The Balaban J connectivity index is 2.44. The van der Waals surface area contributed by atoms with Crippen LogP contribution in [0.3, 0.4) is 0 Å². The van der Waals surface area contributed by atoms with Gasteiger partial charge < -0.3 is 9.57 Å². The van der Waals surface area contributed by atoms with Gasteiger partial charge in [0.25, 0.3) is 0 Å². The molecule has 0 spiro atoms. The molecule has 6 nitrogen and oxygen atoms in total. The molecule has 1 aliphatic rings. The van der Waals surface area contributed by atoms with Gasteiger partial charge >= 0.3 is 5.97 Å². The molecule has 6 heteroatoms. The molecule has 0 radical (unpaired) electrons. The second-order valence-electron chi connectivity index (χ2n) is 6.88. The smallest absolute Gasteiger partial charge is 0.305 e. The molecule has 154 valence electrons. The molecule has 0 aromatic heterocycles. The first-order chi connectivity index (χ1) is 13.2. The van der Waals surface area contributed by atoms with Crippen LogP contribution in [-0.2, 0) is 19.3 Å². The lowest BCUT2D eigenvalue weighted by molar-refractivity contribution is -0.267. The zero-order valence-corrected chi connectivity index (χ0v) is 16.7. The molecule has 1 aliphatic heterocycles. The monoisotopic (exact) mass is 381 g/mol. The maximum Gasteiger partial charge on any atom is 0.305 e. The van der Waals surface area contributed by atoms with Gasteiger partial charge in [0.2, 0.25) is 0 Å². The van der Waals surface area contributed by atoms with E-state index in [1.54, 1.807) is 6.21 Å². The van der Waals surface area contributed by atoms with Crippen molar-refractivity contribution in [2.45, 2.75) is 83.3 Å². The first-order valence-electron chi connectivity index (χ1n) is 10.1. The molecule has 0 saturated carbocycles. The summed E-state index contributed by atoms with van der Waals surface area (Å²) in [7, 11) is 1.41. The fraction of sp³-hybridized carbons (Fsp3) is 0.714. The Bertz CT molecular complexity index is 467. The summed E-state index contributed by atoms with van der Waals surface area (Å²) in [6, 6.07) is 0. The normalized spacial score (nSPS) is 18.9. The van der Waals surface area contributed by atoms with Crippen molar-refractivity contribution in [1.29, 1.82) is 0 Å². The average Bonchev–Trinajstić information content (AvgIpc) is 3.22. The van der Waals surface area contributed by atoms with Crippen molar-refractivity contribution in [1.82, 2.24) is 0 Å². The molecular weight excluding hydrogens is 346 g/mol. The molecule has 0 aliphatic carbocycles. The van der Waals surface area contributed by atoms with E-state index >= 15 is 0 Å². The Hall–Kier alpha value is -1.66. The molecule has 1 N–H and O–H groups in total. The van der Waals surface area contributed by atoms with Crippen LogP contribution in [0.5, 0.6) is 0 Å². The molecule has 2 unspecified atom stereocenters. The van der Waals surface area contributed by atoms with Gasteiger partial charge in [-0.15, -0.1) is 0 Å². The largest absolute Gasteiger partial charge is 0.469 e. The molecule has 0 saturated heterocycles. The molecule has 1 rings (SSSR count). The Labute approximate surface area is 163 Å². The van der Waals surface area contributed by atoms with E-state index in [4.69, 9.17) is 10.1 Å². The number of unbranched alkanes of at least 4 members (excludes halogenated alkanes) is 4. The van der Waals surface area contributed by atoms with Crippen molar-refractivity contribution in [2.75, 3.05) is 7.11 Å². The Morgan fingerprint density at radius 3 is 2.81 bits per heavy atom. The highest BCUT2D eigenvalue weighted by Gasteiger charge is 2.22. The molecule has 0 amide bonds. The third-order valence-corrected chi connectivity index (χ3v) is 4.69. The van der Waals surface area contributed by atoms with E-state index in [0.717, 1.165) is 44.9 Å². The van der Waals surface area contributed by atoms with E-state index in [2.05, 4.69) is 39.9 Å². The van der Waals surface area contributed by atoms with Crippen molar-refractivity contribution >= 4 is 12.2 Å². The van der Waals surface area contributed by atoms with Crippen LogP contribution in [0.25, 0.3) is 0 Å². The minimum atomic E-state index is -0.282. The SMILES string of the molecule is CCCCCCC(/C=C\[C@@H](C/C=C\CCCC(=O)OC)C1CC=NO1)OO. The van der Waals surface area contributed by atoms with Crippen molar-refractivity contribution in [3.63, 3.8) is 0 Å². The van der Waals surface area contributed by atoms with Gasteiger partial charge in [-0.3, -0.25) is 10.1 Å². The molecule has 27 heavy (non-hydrogen) atoms. The molecule has 0 aromatic carbocycles. The molecule has 0 aromatic rings. The first kappa shape index (κ1) is 23.4. The van der Waals surface area contributed by atoms with Gasteiger partial charge in [0.15, 0.2) is 0 Å². The highest BCUT2D eigenvalue weighted by Crippen LogP contribution is 2.22. The van der Waals surface area contributed by atoms with E-state index in [9.17, 15) is 4.79 Å². The summed E-state index contributed by atoms with van der Waals surface area (Å²) in [5.41, 5.74) is 0. The number of methoxy groups -OCH3 is 1. The Morgan fingerprint density at radius 2 is 2.15 bits per heavy atom. The zero-order valence-electron chi connectivity index (χ0n) is 16.7. The van der Waals surface area contributed by atoms with Gasteiger partial charge in [-0.05, 0) is 25.7 Å². The molecule has 0 bridgehead atoms. The van der Waals surface area contributed by atoms with Crippen molar-refractivity contribution in [3.8, 4) is 0 Å². The van der Waals surface area contributed by atoms with Crippen LogP contribution < -0.4 is 0 Å². The highest BCUT2D eigenvalue weighted by atomic mass is 17.1. The topological polar surface area (TPSA) is 77.4 Å². The number of hydrogen-bond donors (Lipinski definition) is 1. The number of allylic oxidation sites excluding steroid dienone is 2. The van der Waals surface area contributed by atoms with E-state index in [1.165, 1.54) is 20.0 Å². The van der Waals surface area contributed by atoms with Gasteiger partial charge in [-0.25, -0.2) is 4.89 Å². The summed E-state index contributed by atoms with van der Waals surface area (Å²) in [4.78, 5) is 21.1. The fourth-order valence-electron chi connectivity index (χ4n) is 2.98. The third kappa shape index (κ3) is 10.9. The quantitative estimate of drug-likeness (QED) is 0.141. The number of carbonyl (C=O) groups excluding carboxylic acids is 1. The molecule has 0 fully saturated rings. The van der Waals surface area contributed by atoms with Crippen molar-refractivity contribution < 1.29 is 24.5 Å². The summed E-state index contributed by atoms with van der Waals surface area (Å²) < 4.78 is 4.63. The predicted molar refractivity (Wildman–Crippen MR) is 106 cm³/mol. The van der Waals surface area contributed by atoms with E-state index in [-0.39, 0.29) is 24.1 Å². The lowest BCUT2D eigenvalue weighted by Gasteiger charge is -2.17. The minimum absolute atomic E-state index is 0.0143. The first-order valence-corrected chi connectivity index (χ1v) is 10.1. The lowest BCUT2D eigenvalue weighted by Crippen LogP contribution is -2.18. The summed E-state index contributed by atoms with van der Waals surface area (Å²) in [5, 5.41) is 13.0. The van der Waals surface area contributed by atoms with Crippen LogP contribution >= 0.6 is 0 Å². The summed E-state index contributed by atoms with van der Waals surface area (Å²) in [6.45, 7) is 2.18. The minimum Gasteiger partial charge on any atom is -0.469 e. The second kappa shape index (κ2) is 15.4. The van der Waals surface area contributed by atoms with E-state index < -0.39 is 0 Å². The number of carbonyl (C=O) groups is 1. The van der Waals surface area contributed by atoms with Gasteiger partial charge in [0.05, 0.1) is 7.11 Å². The molecule has 1 heterocycles. The van der Waals surface area contributed by atoms with E-state index in [1.807, 2.05) is 6.08 Å². The Morgan fingerprint density at radius 1 is 1.30 bits per heavy atom. The fourth-order valence-corrected chi connectivity index (χ4v) is 2.98. The van der Waals surface area contributed by atoms with E-state index in [0.29, 0.717) is 6.42 Å². The average molecular weight is 382 g/mol. The zero-order chi connectivity index (χ0) is 19.7. The standard InChI is InChI=1S/C21H35NO5/c1-3-4-5-9-12-19(27-24)15-14-18(20-16-17-22-26-20)11-8-6-7-10-13-21(23)25-2/h6,8,14-15,17-20,24H,3-5,7,9-13,16H2,1-2H3/b8-6-,15-14-/t18-,19?,20?/m1/s1. The van der Waals surface area contributed by atoms with Crippen molar-refractivity contribution in [2.24, 2.45) is 11.1 Å². The van der Waals surface area contributed by atoms with Gasteiger partial charge in [-0.2, -0.15) is 0 Å². The van der Waals surface area contributed by atoms with Crippen LogP contribution in [0, 0.1) is 5.92 Å². The number of nitrogens with zero attached hydrogens (tertiary/aromatic N) is 1. The van der Waals surface area contributed by atoms with Crippen molar-refractivity contribution in [3.05, 3.63) is 24.3 Å².